The average molecular weight is 280 g/mol. The molecule has 1 amide bonds. The third kappa shape index (κ3) is 2.64. The van der Waals surface area contributed by atoms with Crippen LogP contribution in [0.25, 0.3) is 0 Å². The van der Waals surface area contributed by atoms with Crippen LogP contribution in [0.4, 0.5) is 0 Å². The summed E-state index contributed by atoms with van der Waals surface area (Å²) in [6.45, 7) is 3.01. The first-order valence-corrected chi connectivity index (χ1v) is 7.14. The van der Waals surface area contributed by atoms with Gasteiger partial charge in [0, 0.05) is 19.5 Å². The predicted molar refractivity (Wildman–Crippen MR) is 71.3 cm³/mol. The number of nitrogens with zero attached hydrogens (tertiary/aromatic N) is 2. The highest BCUT2D eigenvalue weighted by Gasteiger charge is 2.27. The Balaban J connectivity index is 1.89. The molecule has 20 heavy (non-hydrogen) atoms. The molecule has 7 nitrogen and oxygen atoms in total. The van der Waals surface area contributed by atoms with Crippen LogP contribution in [0.2, 0.25) is 0 Å². The topological polar surface area (TPSA) is 91.4 Å². The van der Waals surface area contributed by atoms with Gasteiger partial charge in [-0.3, -0.25) is 9.48 Å². The molecule has 1 saturated heterocycles. The summed E-state index contributed by atoms with van der Waals surface area (Å²) in [4.78, 5) is 11.6. The van der Waals surface area contributed by atoms with Gasteiger partial charge in [0.2, 0.25) is 0 Å². The van der Waals surface area contributed by atoms with Gasteiger partial charge in [0.15, 0.2) is 17.7 Å². The number of carbonyl (C=O) groups excluding carboxylic acids is 1. The Kier molecular flexibility index (Phi) is 3.88. The van der Waals surface area contributed by atoms with Crippen molar-refractivity contribution in [1.29, 1.82) is 0 Å². The summed E-state index contributed by atoms with van der Waals surface area (Å²) < 4.78 is 13.3. The molecule has 0 bridgehead atoms. The summed E-state index contributed by atoms with van der Waals surface area (Å²) in [5.41, 5.74) is 6.50. The summed E-state index contributed by atoms with van der Waals surface area (Å²) in [5.74, 6) is -0.0739. The number of amides is 1. The summed E-state index contributed by atoms with van der Waals surface area (Å²) in [7, 11) is 0. The van der Waals surface area contributed by atoms with Crippen LogP contribution >= 0.6 is 0 Å². The van der Waals surface area contributed by atoms with Crippen molar-refractivity contribution in [3.63, 3.8) is 0 Å². The SMILES string of the molecule is NC(=O)c1nn2c(c1OC1CCCCO1)CNCCC2. The fourth-order valence-electron chi connectivity index (χ4n) is 2.62. The first-order valence-electron chi connectivity index (χ1n) is 7.14. The van der Waals surface area contributed by atoms with Gasteiger partial charge in [-0.05, 0) is 25.8 Å². The van der Waals surface area contributed by atoms with Gasteiger partial charge in [-0.15, -0.1) is 0 Å². The van der Waals surface area contributed by atoms with Gasteiger partial charge in [0.05, 0.1) is 12.3 Å². The second-order valence-electron chi connectivity index (χ2n) is 5.16. The van der Waals surface area contributed by atoms with E-state index in [1.54, 1.807) is 0 Å². The third-order valence-corrected chi connectivity index (χ3v) is 3.65. The Morgan fingerprint density at radius 2 is 2.35 bits per heavy atom. The Labute approximate surface area is 117 Å². The highest BCUT2D eigenvalue weighted by Crippen LogP contribution is 2.28. The van der Waals surface area contributed by atoms with Crippen LogP contribution in [-0.2, 0) is 17.8 Å². The van der Waals surface area contributed by atoms with Crippen LogP contribution < -0.4 is 15.8 Å². The van der Waals surface area contributed by atoms with Crippen molar-refractivity contribution in [2.45, 2.75) is 45.1 Å². The molecule has 0 radical (unpaired) electrons. The molecule has 2 aliphatic heterocycles. The van der Waals surface area contributed by atoms with Crippen LogP contribution in [-0.4, -0.2) is 35.1 Å². The van der Waals surface area contributed by atoms with Crippen LogP contribution in [0.5, 0.6) is 5.75 Å². The molecule has 0 aliphatic carbocycles. The number of ether oxygens (including phenoxy) is 2. The van der Waals surface area contributed by atoms with E-state index in [1.807, 2.05) is 4.68 Å². The minimum absolute atomic E-state index is 0.206. The van der Waals surface area contributed by atoms with Crippen molar-refractivity contribution in [2.75, 3.05) is 13.2 Å². The summed E-state index contributed by atoms with van der Waals surface area (Å²) in [6, 6.07) is 0. The van der Waals surface area contributed by atoms with E-state index in [4.69, 9.17) is 15.2 Å². The van der Waals surface area contributed by atoms with Gasteiger partial charge in [-0.1, -0.05) is 0 Å². The first kappa shape index (κ1) is 13.4. The lowest BCUT2D eigenvalue weighted by molar-refractivity contribution is -0.106. The molecule has 1 aromatic heterocycles. The maximum atomic E-state index is 11.6. The van der Waals surface area contributed by atoms with E-state index in [0.29, 0.717) is 18.9 Å². The van der Waals surface area contributed by atoms with E-state index in [2.05, 4.69) is 10.4 Å². The van der Waals surface area contributed by atoms with Crippen molar-refractivity contribution >= 4 is 5.91 Å². The lowest BCUT2D eigenvalue weighted by atomic mass is 10.2. The van der Waals surface area contributed by atoms with E-state index in [-0.39, 0.29) is 12.0 Å². The Morgan fingerprint density at radius 1 is 1.45 bits per heavy atom. The molecular weight excluding hydrogens is 260 g/mol. The number of rotatable bonds is 3. The van der Waals surface area contributed by atoms with Gasteiger partial charge < -0.3 is 20.5 Å². The molecule has 0 saturated carbocycles. The van der Waals surface area contributed by atoms with Crippen molar-refractivity contribution in [1.82, 2.24) is 15.1 Å². The number of hydrogen-bond donors (Lipinski definition) is 2. The number of fused-ring (bicyclic) bond motifs is 1. The molecule has 110 valence electrons. The number of carbonyl (C=O) groups is 1. The normalized spacial score (nSPS) is 22.9. The average Bonchev–Trinajstić information content (AvgIpc) is 2.64. The van der Waals surface area contributed by atoms with Crippen LogP contribution in [0.3, 0.4) is 0 Å². The minimum Gasteiger partial charge on any atom is -0.460 e. The molecule has 0 spiro atoms. The van der Waals surface area contributed by atoms with Gasteiger partial charge in [0.1, 0.15) is 0 Å². The molecule has 3 N–H and O–H groups in total. The number of aryl methyl sites for hydroxylation is 1. The second kappa shape index (κ2) is 5.80. The van der Waals surface area contributed by atoms with Crippen molar-refractivity contribution in [3.05, 3.63) is 11.4 Å². The minimum atomic E-state index is -0.559. The zero-order chi connectivity index (χ0) is 13.9. The monoisotopic (exact) mass is 280 g/mol. The quantitative estimate of drug-likeness (QED) is 0.835. The van der Waals surface area contributed by atoms with Gasteiger partial charge >= 0.3 is 0 Å². The van der Waals surface area contributed by atoms with Gasteiger partial charge in [-0.25, -0.2) is 0 Å². The number of primary amides is 1. The Hall–Kier alpha value is -1.60. The largest absolute Gasteiger partial charge is 0.460 e. The van der Waals surface area contributed by atoms with Crippen LogP contribution in [0.15, 0.2) is 0 Å². The molecule has 3 heterocycles. The molecule has 7 heteroatoms. The van der Waals surface area contributed by atoms with Gasteiger partial charge in [0.25, 0.3) is 5.91 Å². The molecule has 1 unspecified atom stereocenters. The van der Waals surface area contributed by atoms with Crippen LogP contribution in [0, 0.1) is 0 Å². The maximum absolute atomic E-state index is 11.6. The third-order valence-electron chi connectivity index (χ3n) is 3.65. The molecule has 1 fully saturated rings. The Morgan fingerprint density at radius 3 is 3.10 bits per heavy atom. The fraction of sp³-hybridized carbons (Fsp3) is 0.692. The van der Waals surface area contributed by atoms with Crippen molar-refractivity contribution in [2.24, 2.45) is 5.73 Å². The summed E-state index contributed by atoms with van der Waals surface area (Å²) in [6.07, 6.45) is 3.61. The predicted octanol–water partition coefficient (Wildman–Crippen LogP) is 0.381. The second-order valence-corrected chi connectivity index (χ2v) is 5.16. The molecule has 0 aromatic carbocycles. The van der Waals surface area contributed by atoms with E-state index < -0.39 is 5.91 Å². The van der Waals surface area contributed by atoms with E-state index in [9.17, 15) is 4.79 Å². The fourth-order valence-corrected chi connectivity index (χ4v) is 2.62. The van der Waals surface area contributed by atoms with E-state index >= 15 is 0 Å². The zero-order valence-corrected chi connectivity index (χ0v) is 11.4. The lowest BCUT2D eigenvalue weighted by Gasteiger charge is -2.23. The number of aromatic nitrogens is 2. The molecular formula is C13H20N4O3. The Bertz CT molecular complexity index is 494. The van der Waals surface area contributed by atoms with Crippen molar-refractivity contribution < 1.29 is 14.3 Å². The highest BCUT2D eigenvalue weighted by molar-refractivity contribution is 5.94. The first-order chi connectivity index (χ1) is 9.75. The molecule has 1 aromatic rings. The zero-order valence-electron chi connectivity index (χ0n) is 11.4. The van der Waals surface area contributed by atoms with Crippen LogP contribution in [0.1, 0.15) is 41.9 Å². The standard InChI is InChI=1S/C13H20N4O3/c14-13(18)11-12(20-10-4-1-2-7-19-10)9-8-15-5-3-6-17(9)16-11/h10,15H,1-8H2,(H2,14,18). The number of nitrogens with one attached hydrogen (secondary N) is 1. The molecule has 2 aliphatic rings. The van der Waals surface area contributed by atoms with E-state index in [1.165, 1.54) is 0 Å². The van der Waals surface area contributed by atoms with Crippen molar-refractivity contribution in [3.8, 4) is 5.75 Å². The van der Waals surface area contributed by atoms with Gasteiger partial charge in [-0.2, -0.15) is 5.10 Å². The lowest BCUT2D eigenvalue weighted by Crippen LogP contribution is -2.27. The number of nitrogens with two attached hydrogens (primary N) is 1. The summed E-state index contributed by atoms with van der Waals surface area (Å²) >= 11 is 0. The highest BCUT2D eigenvalue weighted by atomic mass is 16.7. The number of hydrogen-bond acceptors (Lipinski definition) is 5. The molecule has 1 atom stereocenters. The van der Waals surface area contributed by atoms with E-state index in [0.717, 1.165) is 44.5 Å². The smallest absolute Gasteiger partial charge is 0.273 e. The summed E-state index contributed by atoms with van der Waals surface area (Å²) in [5, 5.41) is 7.60. The molecule has 3 rings (SSSR count). The maximum Gasteiger partial charge on any atom is 0.273 e.